The highest BCUT2D eigenvalue weighted by atomic mass is 16.3. The van der Waals surface area contributed by atoms with Gasteiger partial charge in [-0.15, -0.1) is 0 Å². The SMILES string of the molecule is O=C(Nc1ccccc1)N1C[C@@H]2[C@H](c3ccccc31)[C@H](CO)N2C(=O)c1ccccn1. The van der Waals surface area contributed by atoms with Crippen LogP contribution in [0, 0.1) is 0 Å². The van der Waals surface area contributed by atoms with E-state index in [0.29, 0.717) is 17.9 Å². The van der Waals surface area contributed by atoms with Crippen molar-refractivity contribution in [2.75, 3.05) is 23.4 Å². The summed E-state index contributed by atoms with van der Waals surface area (Å²) in [6.07, 6.45) is 1.58. The number of amides is 3. The molecule has 3 amide bonds. The highest BCUT2D eigenvalue weighted by molar-refractivity contribution is 6.03. The molecule has 7 heteroatoms. The number of aliphatic hydroxyl groups is 1. The standard InChI is InChI=1S/C24H22N4O3/c29-15-21-22-17-10-4-5-12-19(17)27(24(31)26-16-8-2-1-3-9-16)14-20(22)28(21)23(30)18-11-6-7-13-25-18/h1-13,20-22,29H,14-15H2,(H,26,31)/t20-,21+,22+/m1/s1. The topological polar surface area (TPSA) is 85.8 Å². The molecule has 1 saturated heterocycles. The molecule has 0 radical (unpaired) electrons. The molecular weight excluding hydrogens is 392 g/mol. The molecule has 7 nitrogen and oxygen atoms in total. The van der Waals surface area contributed by atoms with Gasteiger partial charge in [0.15, 0.2) is 0 Å². The van der Waals surface area contributed by atoms with Crippen LogP contribution in [-0.4, -0.2) is 52.2 Å². The minimum absolute atomic E-state index is 0.0327. The van der Waals surface area contributed by atoms with Crippen molar-refractivity contribution in [1.82, 2.24) is 9.88 Å². The summed E-state index contributed by atoms with van der Waals surface area (Å²) in [5, 5.41) is 13.0. The van der Waals surface area contributed by atoms with Crippen LogP contribution in [-0.2, 0) is 0 Å². The Morgan fingerprint density at radius 3 is 2.48 bits per heavy atom. The molecule has 0 unspecified atom stereocenters. The first kappa shape index (κ1) is 19.3. The van der Waals surface area contributed by atoms with Crippen LogP contribution in [0.25, 0.3) is 0 Å². The fraction of sp³-hybridized carbons (Fsp3) is 0.208. The number of nitrogens with zero attached hydrogens (tertiary/aromatic N) is 3. The summed E-state index contributed by atoms with van der Waals surface area (Å²) in [6, 6.07) is 21.3. The van der Waals surface area contributed by atoms with Gasteiger partial charge in [-0.25, -0.2) is 4.79 Å². The molecule has 3 atom stereocenters. The van der Waals surface area contributed by atoms with Gasteiger partial charge in [0.25, 0.3) is 5.91 Å². The van der Waals surface area contributed by atoms with E-state index in [1.165, 1.54) is 0 Å². The fourth-order valence-corrected chi connectivity index (χ4v) is 4.69. The van der Waals surface area contributed by atoms with Crippen molar-refractivity contribution >= 4 is 23.3 Å². The lowest BCUT2D eigenvalue weighted by molar-refractivity contribution is -0.0245. The molecule has 1 fully saturated rings. The number of para-hydroxylation sites is 2. The lowest BCUT2D eigenvalue weighted by Crippen LogP contribution is -2.71. The second kappa shape index (κ2) is 7.85. The van der Waals surface area contributed by atoms with E-state index in [2.05, 4.69) is 10.3 Å². The van der Waals surface area contributed by atoms with E-state index in [1.54, 1.807) is 34.2 Å². The van der Waals surface area contributed by atoms with Gasteiger partial charge in [-0.1, -0.05) is 42.5 Å². The number of likely N-dealkylation sites (tertiary alicyclic amines) is 1. The molecule has 1 aromatic heterocycles. The molecule has 31 heavy (non-hydrogen) atoms. The number of hydrogen-bond acceptors (Lipinski definition) is 4. The van der Waals surface area contributed by atoms with E-state index in [-0.39, 0.29) is 36.5 Å². The lowest BCUT2D eigenvalue weighted by atomic mass is 9.72. The number of aromatic nitrogens is 1. The number of benzene rings is 2. The summed E-state index contributed by atoms with van der Waals surface area (Å²) in [4.78, 5) is 33.8. The molecule has 0 bridgehead atoms. The second-order valence-electron chi connectivity index (χ2n) is 7.74. The van der Waals surface area contributed by atoms with Crippen LogP contribution in [0.2, 0.25) is 0 Å². The average Bonchev–Trinajstić information content (AvgIpc) is 2.80. The molecule has 2 aliphatic heterocycles. The third-order valence-corrected chi connectivity index (χ3v) is 6.08. The van der Waals surface area contributed by atoms with E-state index in [1.807, 2.05) is 54.6 Å². The Bertz CT molecular complexity index is 1110. The molecular formula is C24H22N4O3. The van der Waals surface area contributed by atoms with Gasteiger partial charge in [-0.2, -0.15) is 0 Å². The second-order valence-corrected chi connectivity index (χ2v) is 7.74. The third-order valence-electron chi connectivity index (χ3n) is 6.08. The molecule has 0 aliphatic carbocycles. The maximum atomic E-state index is 13.2. The van der Waals surface area contributed by atoms with Gasteiger partial charge in [-0.3, -0.25) is 14.7 Å². The van der Waals surface area contributed by atoms with Crippen molar-refractivity contribution in [2.45, 2.75) is 18.0 Å². The summed E-state index contributed by atoms with van der Waals surface area (Å²) in [6.45, 7) is 0.194. The Balaban J connectivity index is 1.48. The number of carbonyl (C=O) groups is 2. The molecule has 3 heterocycles. The van der Waals surface area contributed by atoms with Crippen molar-refractivity contribution in [3.8, 4) is 0 Å². The molecule has 0 spiro atoms. The van der Waals surface area contributed by atoms with E-state index < -0.39 is 0 Å². The first-order valence-corrected chi connectivity index (χ1v) is 10.3. The van der Waals surface area contributed by atoms with Crippen LogP contribution in [0.5, 0.6) is 0 Å². The summed E-state index contributed by atoms with van der Waals surface area (Å²) in [5.41, 5.74) is 2.81. The van der Waals surface area contributed by atoms with Gasteiger partial charge in [0.1, 0.15) is 5.69 Å². The van der Waals surface area contributed by atoms with Gasteiger partial charge >= 0.3 is 6.03 Å². The van der Waals surface area contributed by atoms with Gasteiger partial charge in [0.05, 0.1) is 18.7 Å². The maximum absolute atomic E-state index is 13.2. The number of carbonyl (C=O) groups excluding carboxylic acids is 2. The normalized spacial score (nSPS) is 21.5. The summed E-state index contributed by atoms with van der Waals surface area (Å²) in [5.74, 6) is -0.265. The summed E-state index contributed by atoms with van der Waals surface area (Å²) in [7, 11) is 0. The van der Waals surface area contributed by atoms with Crippen molar-refractivity contribution in [1.29, 1.82) is 0 Å². The number of anilines is 2. The zero-order valence-corrected chi connectivity index (χ0v) is 16.8. The lowest BCUT2D eigenvalue weighted by Gasteiger charge is -2.58. The Kier molecular flexibility index (Phi) is 4.88. The minimum atomic E-state index is -0.347. The smallest absolute Gasteiger partial charge is 0.326 e. The van der Waals surface area contributed by atoms with Crippen molar-refractivity contribution in [3.05, 3.63) is 90.3 Å². The van der Waals surface area contributed by atoms with Gasteiger partial charge < -0.3 is 15.3 Å². The molecule has 2 aromatic carbocycles. The number of nitrogens with one attached hydrogen (secondary N) is 1. The molecule has 0 saturated carbocycles. The minimum Gasteiger partial charge on any atom is -0.394 e. The Labute approximate surface area is 179 Å². The van der Waals surface area contributed by atoms with Gasteiger partial charge in [0.2, 0.25) is 0 Å². The average molecular weight is 414 g/mol. The predicted octanol–water partition coefficient (Wildman–Crippen LogP) is 3.10. The van der Waals surface area contributed by atoms with Gasteiger partial charge in [-0.05, 0) is 35.9 Å². The van der Waals surface area contributed by atoms with Crippen LogP contribution in [0.1, 0.15) is 22.0 Å². The number of urea groups is 1. The van der Waals surface area contributed by atoms with E-state index in [0.717, 1.165) is 11.3 Å². The number of aliphatic hydroxyl groups excluding tert-OH is 1. The van der Waals surface area contributed by atoms with Crippen LogP contribution < -0.4 is 10.2 Å². The zero-order valence-electron chi connectivity index (χ0n) is 16.8. The monoisotopic (exact) mass is 414 g/mol. The van der Waals surface area contributed by atoms with E-state index in [4.69, 9.17) is 0 Å². The fourth-order valence-electron chi connectivity index (χ4n) is 4.69. The third kappa shape index (κ3) is 3.23. The largest absolute Gasteiger partial charge is 0.394 e. The number of hydrogen-bond donors (Lipinski definition) is 2. The summed E-state index contributed by atoms with van der Waals surface area (Å²) >= 11 is 0. The Morgan fingerprint density at radius 2 is 1.74 bits per heavy atom. The van der Waals surface area contributed by atoms with Crippen LogP contribution in [0.15, 0.2) is 79.0 Å². The van der Waals surface area contributed by atoms with Crippen LogP contribution in [0.3, 0.4) is 0 Å². The Hall–Kier alpha value is -3.71. The van der Waals surface area contributed by atoms with Crippen molar-refractivity contribution in [2.24, 2.45) is 0 Å². The maximum Gasteiger partial charge on any atom is 0.326 e. The zero-order chi connectivity index (χ0) is 21.4. The first-order chi connectivity index (χ1) is 15.2. The molecule has 156 valence electrons. The van der Waals surface area contributed by atoms with Crippen LogP contribution in [0.4, 0.5) is 16.2 Å². The number of pyridine rings is 1. The first-order valence-electron chi connectivity index (χ1n) is 10.3. The highest BCUT2D eigenvalue weighted by Crippen LogP contribution is 2.48. The molecule has 5 rings (SSSR count). The van der Waals surface area contributed by atoms with Crippen LogP contribution >= 0.6 is 0 Å². The quantitative estimate of drug-likeness (QED) is 0.690. The van der Waals surface area contributed by atoms with Crippen molar-refractivity contribution in [3.63, 3.8) is 0 Å². The van der Waals surface area contributed by atoms with Gasteiger partial charge in [0, 0.05) is 30.0 Å². The number of rotatable bonds is 3. The van der Waals surface area contributed by atoms with E-state index in [9.17, 15) is 14.7 Å². The molecule has 2 aliphatic rings. The molecule has 3 aromatic rings. The Morgan fingerprint density at radius 1 is 1.00 bits per heavy atom. The predicted molar refractivity (Wildman–Crippen MR) is 117 cm³/mol. The van der Waals surface area contributed by atoms with Crippen molar-refractivity contribution < 1.29 is 14.7 Å². The van der Waals surface area contributed by atoms with E-state index >= 15 is 0 Å². The summed E-state index contributed by atoms with van der Waals surface area (Å²) < 4.78 is 0. The number of fused-ring (bicyclic) bond motifs is 3. The molecule has 2 N–H and O–H groups in total. The highest BCUT2D eigenvalue weighted by Gasteiger charge is 2.55.